The molecule has 3 aromatic rings. The monoisotopic (exact) mass is 485 g/mol. The zero-order valence-electron chi connectivity index (χ0n) is 20.2. The molecule has 35 heavy (non-hydrogen) atoms. The molecule has 9 heteroatoms. The van der Waals surface area contributed by atoms with E-state index in [9.17, 15) is 9.50 Å². The van der Waals surface area contributed by atoms with Crippen LogP contribution in [0.4, 0.5) is 4.39 Å². The zero-order valence-corrected chi connectivity index (χ0v) is 20.2. The quantitative estimate of drug-likeness (QED) is 0.473. The van der Waals surface area contributed by atoms with Crippen molar-refractivity contribution in [1.29, 1.82) is 0 Å². The molecule has 0 bridgehead atoms. The highest BCUT2D eigenvalue weighted by atomic mass is 19.1. The SMILES string of the molecule is COc1cc(CN2CCOC[C@@](O)(COc3ccc(F)c(C)c3)C2)ccc1OCCn1ccnc1. The van der Waals surface area contributed by atoms with Crippen LogP contribution in [0.25, 0.3) is 0 Å². The highest BCUT2D eigenvalue weighted by molar-refractivity contribution is 5.43. The Morgan fingerprint density at radius 2 is 2.06 bits per heavy atom. The third-order valence-corrected chi connectivity index (χ3v) is 5.88. The Labute approximate surface area is 204 Å². The van der Waals surface area contributed by atoms with Gasteiger partial charge in [0.1, 0.15) is 30.4 Å². The minimum Gasteiger partial charge on any atom is -0.493 e. The summed E-state index contributed by atoms with van der Waals surface area (Å²) in [5, 5.41) is 11.2. The number of β-amino-alcohol motifs (C(OH)–C–C–N with tert-alkyl or cyclic N) is 1. The lowest BCUT2D eigenvalue weighted by Crippen LogP contribution is -2.48. The first-order valence-electron chi connectivity index (χ1n) is 11.6. The summed E-state index contributed by atoms with van der Waals surface area (Å²) in [6.45, 7) is 5.22. The van der Waals surface area contributed by atoms with E-state index in [0.717, 1.165) is 5.56 Å². The third-order valence-electron chi connectivity index (χ3n) is 5.88. The second-order valence-corrected chi connectivity index (χ2v) is 8.82. The van der Waals surface area contributed by atoms with E-state index in [1.807, 2.05) is 29.0 Å². The molecule has 0 radical (unpaired) electrons. The minimum atomic E-state index is -1.20. The number of benzene rings is 2. The summed E-state index contributed by atoms with van der Waals surface area (Å²) >= 11 is 0. The first-order valence-corrected chi connectivity index (χ1v) is 11.6. The Balaban J connectivity index is 1.35. The van der Waals surface area contributed by atoms with Gasteiger partial charge in [-0.1, -0.05) is 6.07 Å². The molecule has 4 rings (SSSR count). The average Bonchev–Trinajstić information content (AvgIpc) is 3.30. The van der Waals surface area contributed by atoms with Crippen molar-refractivity contribution in [2.45, 2.75) is 25.6 Å². The predicted octanol–water partition coefficient (Wildman–Crippen LogP) is 3.06. The van der Waals surface area contributed by atoms with Gasteiger partial charge >= 0.3 is 0 Å². The maximum atomic E-state index is 13.5. The fourth-order valence-electron chi connectivity index (χ4n) is 4.01. The topological polar surface area (TPSA) is 78.2 Å². The van der Waals surface area contributed by atoms with Gasteiger partial charge in [-0.2, -0.15) is 0 Å². The third kappa shape index (κ3) is 6.94. The fourth-order valence-corrected chi connectivity index (χ4v) is 4.01. The largest absolute Gasteiger partial charge is 0.493 e. The van der Waals surface area contributed by atoms with E-state index in [1.54, 1.807) is 38.7 Å². The van der Waals surface area contributed by atoms with Gasteiger partial charge in [-0.3, -0.25) is 4.90 Å². The molecule has 2 aromatic carbocycles. The number of hydrogen-bond acceptors (Lipinski definition) is 7. The zero-order chi connectivity index (χ0) is 24.7. The number of imidazole rings is 1. The summed E-state index contributed by atoms with van der Waals surface area (Å²) in [5.74, 6) is 1.56. The molecule has 2 heterocycles. The molecule has 0 unspecified atom stereocenters. The second kappa shape index (κ2) is 11.5. The molecule has 188 valence electrons. The van der Waals surface area contributed by atoms with E-state index in [1.165, 1.54) is 6.07 Å². The Morgan fingerprint density at radius 3 is 2.83 bits per heavy atom. The van der Waals surface area contributed by atoms with Crippen LogP contribution in [0.15, 0.2) is 55.1 Å². The van der Waals surface area contributed by atoms with Crippen molar-refractivity contribution in [3.8, 4) is 17.2 Å². The first kappa shape index (κ1) is 25.0. The number of ether oxygens (including phenoxy) is 4. The predicted molar refractivity (Wildman–Crippen MR) is 128 cm³/mol. The number of hydrogen-bond donors (Lipinski definition) is 1. The van der Waals surface area contributed by atoms with Gasteiger partial charge in [-0.15, -0.1) is 0 Å². The molecule has 0 aliphatic carbocycles. The van der Waals surface area contributed by atoms with Gasteiger partial charge in [0.05, 0.1) is 33.2 Å². The van der Waals surface area contributed by atoms with Crippen LogP contribution in [-0.2, 0) is 17.8 Å². The average molecular weight is 486 g/mol. The Bertz CT molecular complexity index is 1090. The fraction of sp³-hybridized carbons (Fsp3) is 0.423. The van der Waals surface area contributed by atoms with Gasteiger partial charge in [0, 0.05) is 32.0 Å². The van der Waals surface area contributed by atoms with Crippen LogP contribution < -0.4 is 14.2 Å². The molecule has 0 amide bonds. The summed E-state index contributed by atoms with van der Waals surface area (Å²) in [7, 11) is 1.62. The number of aromatic nitrogens is 2. The van der Waals surface area contributed by atoms with E-state index in [4.69, 9.17) is 18.9 Å². The van der Waals surface area contributed by atoms with Gasteiger partial charge in [-0.25, -0.2) is 9.37 Å². The summed E-state index contributed by atoms with van der Waals surface area (Å²) in [4.78, 5) is 6.15. The van der Waals surface area contributed by atoms with Crippen LogP contribution in [-0.4, -0.2) is 71.8 Å². The highest BCUT2D eigenvalue weighted by Gasteiger charge is 2.33. The van der Waals surface area contributed by atoms with Crippen molar-refractivity contribution in [2.75, 3.05) is 46.6 Å². The Morgan fingerprint density at radius 1 is 1.17 bits per heavy atom. The van der Waals surface area contributed by atoms with Crippen molar-refractivity contribution in [1.82, 2.24) is 14.5 Å². The molecular formula is C26H32FN3O5. The van der Waals surface area contributed by atoms with Crippen molar-refractivity contribution in [3.63, 3.8) is 0 Å². The molecule has 0 spiro atoms. The van der Waals surface area contributed by atoms with Crippen LogP contribution >= 0.6 is 0 Å². The molecule has 1 aliphatic heterocycles. The Kier molecular flexibility index (Phi) is 8.22. The molecule has 1 aliphatic rings. The standard InChI is InChI=1S/C26H32FN3O5/c1-20-13-22(4-5-23(20)27)35-18-26(31)16-30(9-11-33-17-26)15-21-3-6-24(25(14-21)32-2)34-12-10-29-8-7-28-19-29/h3-8,13-14,19,31H,9-12,15-18H2,1-2H3/t26-/m1/s1. The van der Waals surface area contributed by atoms with Crippen LogP contribution in [0, 0.1) is 12.7 Å². The van der Waals surface area contributed by atoms with Crippen molar-refractivity contribution >= 4 is 0 Å². The van der Waals surface area contributed by atoms with Crippen molar-refractivity contribution in [3.05, 3.63) is 72.1 Å². The van der Waals surface area contributed by atoms with E-state index in [2.05, 4.69) is 9.88 Å². The summed E-state index contributed by atoms with van der Waals surface area (Å²) < 4.78 is 38.4. The van der Waals surface area contributed by atoms with Gasteiger partial charge in [0.2, 0.25) is 0 Å². The van der Waals surface area contributed by atoms with Gasteiger partial charge in [0.15, 0.2) is 11.5 Å². The maximum absolute atomic E-state index is 13.5. The van der Waals surface area contributed by atoms with E-state index in [0.29, 0.717) is 62.2 Å². The van der Waals surface area contributed by atoms with Crippen molar-refractivity contribution < 1.29 is 28.4 Å². The minimum absolute atomic E-state index is 0.0432. The molecule has 1 aromatic heterocycles. The lowest BCUT2D eigenvalue weighted by atomic mass is 10.1. The first-order chi connectivity index (χ1) is 16.9. The summed E-state index contributed by atoms with van der Waals surface area (Å²) in [6.07, 6.45) is 5.38. The van der Waals surface area contributed by atoms with Crippen LogP contribution in [0.1, 0.15) is 11.1 Å². The number of methoxy groups -OCH3 is 1. The smallest absolute Gasteiger partial charge is 0.161 e. The molecule has 1 atom stereocenters. The molecule has 0 saturated carbocycles. The lowest BCUT2D eigenvalue weighted by molar-refractivity contribution is -0.0646. The number of rotatable bonds is 10. The molecule has 1 saturated heterocycles. The number of aryl methyl sites for hydroxylation is 1. The highest BCUT2D eigenvalue weighted by Crippen LogP contribution is 2.29. The van der Waals surface area contributed by atoms with E-state index < -0.39 is 5.60 Å². The molecule has 1 N–H and O–H groups in total. The van der Waals surface area contributed by atoms with Crippen molar-refractivity contribution in [2.24, 2.45) is 0 Å². The Hall–Kier alpha value is -3.14. The van der Waals surface area contributed by atoms with E-state index in [-0.39, 0.29) is 19.0 Å². The van der Waals surface area contributed by atoms with E-state index >= 15 is 0 Å². The number of aliphatic hydroxyl groups is 1. The number of nitrogens with zero attached hydrogens (tertiary/aromatic N) is 3. The summed E-state index contributed by atoms with van der Waals surface area (Å²) in [6, 6.07) is 10.4. The number of halogens is 1. The van der Waals surface area contributed by atoms with Crippen LogP contribution in [0.2, 0.25) is 0 Å². The molecular weight excluding hydrogens is 453 g/mol. The lowest BCUT2D eigenvalue weighted by Gasteiger charge is -2.30. The van der Waals surface area contributed by atoms with Crippen LogP contribution in [0.3, 0.4) is 0 Å². The van der Waals surface area contributed by atoms with Gasteiger partial charge < -0.3 is 28.6 Å². The normalized spacial score (nSPS) is 18.7. The summed E-state index contributed by atoms with van der Waals surface area (Å²) in [5.41, 5.74) is 0.332. The van der Waals surface area contributed by atoms with Crippen LogP contribution in [0.5, 0.6) is 17.2 Å². The van der Waals surface area contributed by atoms with Gasteiger partial charge in [0.25, 0.3) is 0 Å². The molecule has 8 nitrogen and oxygen atoms in total. The molecule has 1 fully saturated rings. The van der Waals surface area contributed by atoms with Gasteiger partial charge in [-0.05, 0) is 48.4 Å². The maximum Gasteiger partial charge on any atom is 0.161 e. The second-order valence-electron chi connectivity index (χ2n) is 8.82.